The van der Waals surface area contributed by atoms with Gasteiger partial charge in [-0.05, 0) is 18.6 Å². The van der Waals surface area contributed by atoms with E-state index in [-0.39, 0.29) is 0 Å². The van der Waals surface area contributed by atoms with Gasteiger partial charge in [0.25, 0.3) is 0 Å². The number of rotatable bonds is 3. The first-order valence-electron chi connectivity index (χ1n) is 3.56. The van der Waals surface area contributed by atoms with Crippen molar-refractivity contribution in [2.75, 3.05) is 0 Å². The van der Waals surface area contributed by atoms with Gasteiger partial charge in [0, 0.05) is 0 Å². The Morgan fingerprint density at radius 3 is 3.00 bits per heavy atom. The van der Waals surface area contributed by atoms with E-state index in [1.807, 2.05) is 6.92 Å². The van der Waals surface area contributed by atoms with Crippen LogP contribution in [0, 0.1) is 0 Å². The molecule has 0 aliphatic rings. The highest BCUT2D eigenvalue weighted by Crippen LogP contribution is 2.17. The molecule has 0 bridgehead atoms. The van der Waals surface area contributed by atoms with Gasteiger partial charge in [-0.1, -0.05) is 13.3 Å². The minimum atomic E-state index is -0.417. The Bertz CT molecular complexity index is 167. The maximum Gasteiger partial charge on any atom is 0.132 e. The molecule has 2 heteroatoms. The third-order valence-electron chi connectivity index (χ3n) is 1.43. The quantitative estimate of drug-likeness (QED) is 0.697. The predicted molar refractivity (Wildman–Crippen MR) is 38.6 cm³/mol. The molecule has 0 spiro atoms. The minimum Gasteiger partial charge on any atom is -0.467 e. The van der Waals surface area contributed by atoms with Gasteiger partial charge in [-0.15, -0.1) is 0 Å². The predicted octanol–water partition coefficient (Wildman–Crippen LogP) is 2.11. The fraction of sp³-hybridized carbons (Fsp3) is 0.500. The molecular weight excluding hydrogens is 128 g/mol. The van der Waals surface area contributed by atoms with E-state index in [9.17, 15) is 5.11 Å². The zero-order valence-corrected chi connectivity index (χ0v) is 6.08. The second-order valence-corrected chi connectivity index (χ2v) is 2.32. The fourth-order valence-electron chi connectivity index (χ4n) is 0.897. The summed E-state index contributed by atoms with van der Waals surface area (Å²) in [5, 5.41) is 9.32. The van der Waals surface area contributed by atoms with Crippen LogP contribution >= 0.6 is 0 Å². The maximum absolute atomic E-state index is 9.32. The van der Waals surface area contributed by atoms with E-state index in [2.05, 4.69) is 0 Å². The van der Waals surface area contributed by atoms with E-state index in [1.165, 1.54) is 0 Å². The Morgan fingerprint density at radius 1 is 1.70 bits per heavy atom. The van der Waals surface area contributed by atoms with E-state index >= 15 is 0 Å². The van der Waals surface area contributed by atoms with Crippen molar-refractivity contribution in [2.24, 2.45) is 0 Å². The molecule has 1 rings (SSSR count). The lowest BCUT2D eigenvalue weighted by atomic mass is 10.2. The van der Waals surface area contributed by atoms with Crippen molar-refractivity contribution in [3.63, 3.8) is 0 Å². The molecule has 0 unspecified atom stereocenters. The molecule has 0 amide bonds. The van der Waals surface area contributed by atoms with Crippen molar-refractivity contribution in [3.05, 3.63) is 24.2 Å². The molecule has 1 aromatic heterocycles. The molecule has 1 N–H and O–H groups in total. The molecule has 1 atom stereocenters. The van der Waals surface area contributed by atoms with Gasteiger partial charge < -0.3 is 9.52 Å². The molecule has 0 saturated carbocycles. The highest BCUT2D eigenvalue weighted by atomic mass is 16.4. The normalized spacial score (nSPS) is 13.4. The molecule has 2 nitrogen and oxygen atoms in total. The molecule has 0 saturated heterocycles. The van der Waals surface area contributed by atoms with Gasteiger partial charge in [-0.3, -0.25) is 0 Å². The minimum absolute atomic E-state index is 0.417. The van der Waals surface area contributed by atoms with Crippen LogP contribution in [0.15, 0.2) is 22.8 Å². The fourth-order valence-corrected chi connectivity index (χ4v) is 0.897. The first kappa shape index (κ1) is 7.35. The van der Waals surface area contributed by atoms with Crippen LogP contribution in [0.2, 0.25) is 0 Å². The molecule has 0 radical (unpaired) electrons. The summed E-state index contributed by atoms with van der Waals surface area (Å²) in [5.41, 5.74) is 0. The number of furan rings is 1. The highest BCUT2D eigenvalue weighted by Gasteiger charge is 2.07. The Kier molecular flexibility index (Phi) is 2.51. The maximum atomic E-state index is 9.32. The lowest BCUT2D eigenvalue weighted by Gasteiger charge is -2.03. The molecule has 56 valence electrons. The topological polar surface area (TPSA) is 33.4 Å². The average molecular weight is 140 g/mol. The number of hydrogen-bond donors (Lipinski definition) is 1. The van der Waals surface area contributed by atoms with Gasteiger partial charge in [0.2, 0.25) is 0 Å². The number of aliphatic hydroxyl groups is 1. The van der Waals surface area contributed by atoms with Crippen LogP contribution in [0.4, 0.5) is 0 Å². The van der Waals surface area contributed by atoms with Gasteiger partial charge in [0.05, 0.1) is 6.26 Å². The van der Waals surface area contributed by atoms with Gasteiger partial charge in [0.15, 0.2) is 0 Å². The molecule has 0 fully saturated rings. The Hall–Kier alpha value is -0.760. The Balaban J connectivity index is 2.50. The van der Waals surface area contributed by atoms with Crippen LogP contribution < -0.4 is 0 Å². The number of aliphatic hydroxyl groups excluding tert-OH is 1. The summed E-state index contributed by atoms with van der Waals surface area (Å²) >= 11 is 0. The van der Waals surface area contributed by atoms with Crippen LogP contribution in [0.1, 0.15) is 31.6 Å². The van der Waals surface area contributed by atoms with E-state index in [1.54, 1.807) is 18.4 Å². The summed E-state index contributed by atoms with van der Waals surface area (Å²) in [6.07, 6.45) is 2.91. The highest BCUT2D eigenvalue weighted by molar-refractivity contribution is 5.01. The van der Waals surface area contributed by atoms with Crippen molar-refractivity contribution >= 4 is 0 Å². The van der Waals surface area contributed by atoms with E-state index in [0.29, 0.717) is 5.76 Å². The van der Waals surface area contributed by atoms with Crippen LogP contribution in [-0.4, -0.2) is 5.11 Å². The van der Waals surface area contributed by atoms with Gasteiger partial charge in [-0.2, -0.15) is 0 Å². The van der Waals surface area contributed by atoms with Crippen LogP contribution in [0.3, 0.4) is 0 Å². The molecule has 0 aromatic carbocycles. The summed E-state index contributed by atoms with van der Waals surface area (Å²) in [5.74, 6) is 0.668. The van der Waals surface area contributed by atoms with Gasteiger partial charge >= 0.3 is 0 Å². The summed E-state index contributed by atoms with van der Waals surface area (Å²) in [6, 6.07) is 3.58. The van der Waals surface area contributed by atoms with Crippen molar-refractivity contribution in [1.29, 1.82) is 0 Å². The van der Waals surface area contributed by atoms with Gasteiger partial charge in [0.1, 0.15) is 11.9 Å². The Labute approximate surface area is 60.5 Å². The summed E-state index contributed by atoms with van der Waals surface area (Å²) in [7, 11) is 0. The SMILES string of the molecule is CCC[C@@H](O)c1ccco1. The average Bonchev–Trinajstić information content (AvgIpc) is 2.38. The molecule has 1 aromatic rings. The summed E-state index contributed by atoms with van der Waals surface area (Å²) in [6.45, 7) is 2.03. The molecule has 0 aliphatic carbocycles. The van der Waals surface area contributed by atoms with Crippen molar-refractivity contribution in [2.45, 2.75) is 25.9 Å². The van der Waals surface area contributed by atoms with Gasteiger partial charge in [-0.25, -0.2) is 0 Å². The first-order chi connectivity index (χ1) is 4.84. The lowest BCUT2D eigenvalue weighted by Crippen LogP contribution is -1.93. The van der Waals surface area contributed by atoms with Crippen LogP contribution in [0.25, 0.3) is 0 Å². The van der Waals surface area contributed by atoms with Crippen LogP contribution in [0.5, 0.6) is 0 Å². The largest absolute Gasteiger partial charge is 0.467 e. The molecule has 0 aliphatic heterocycles. The second kappa shape index (κ2) is 3.42. The van der Waals surface area contributed by atoms with E-state index in [0.717, 1.165) is 12.8 Å². The van der Waals surface area contributed by atoms with Crippen molar-refractivity contribution in [3.8, 4) is 0 Å². The molecular formula is C8H12O2. The van der Waals surface area contributed by atoms with E-state index < -0.39 is 6.10 Å². The third-order valence-corrected chi connectivity index (χ3v) is 1.43. The zero-order valence-electron chi connectivity index (χ0n) is 6.08. The smallest absolute Gasteiger partial charge is 0.132 e. The van der Waals surface area contributed by atoms with Crippen molar-refractivity contribution in [1.82, 2.24) is 0 Å². The standard InChI is InChI=1S/C8H12O2/c1-2-4-7(9)8-5-3-6-10-8/h3,5-7,9H,2,4H2,1H3/t7-/m1/s1. The zero-order chi connectivity index (χ0) is 7.40. The summed E-state index contributed by atoms with van der Waals surface area (Å²) in [4.78, 5) is 0. The van der Waals surface area contributed by atoms with Crippen molar-refractivity contribution < 1.29 is 9.52 Å². The lowest BCUT2D eigenvalue weighted by molar-refractivity contribution is 0.139. The first-order valence-corrected chi connectivity index (χ1v) is 3.56. The monoisotopic (exact) mass is 140 g/mol. The third kappa shape index (κ3) is 1.61. The second-order valence-electron chi connectivity index (χ2n) is 2.32. The summed E-state index contributed by atoms with van der Waals surface area (Å²) < 4.78 is 5.00. The Morgan fingerprint density at radius 2 is 2.50 bits per heavy atom. The molecule has 1 heterocycles. The number of hydrogen-bond acceptors (Lipinski definition) is 2. The van der Waals surface area contributed by atoms with E-state index in [4.69, 9.17) is 4.42 Å². The molecule has 10 heavy (non-hydrogen) atoms. The van der Waals surface area contributed by atoms with Crippen LogP contribution in [-0.2, 0) is 0 Å².